The highest BCUT2D eigenvalue weighted by molar-refractivity contribution is 7.81. The van der Waals surface area contributed by atoms with Crippen molar-refractivity contribution in [1.29, 1.82) is 0 Å². The molecule has 2 N–H and O–H groups in total. The van der Waals surface area contributed by atoms with Crippen LogP contribution in [-0.2, 0) is 43.4 Å². The summed E-state index contributed by atoms with van der Waals surface area (Å²) in [4.78, 5) is 0. The van der Waals surface area contributed by atoms with Crippen molar-refractivity contribution in [3.05, 3.63) is 11.6 Å². The summed E-state index contributed by atoms with van der Waals surface area (Å²) in [7, 11) is -9.75. The summed E-state index contributed by atoms with van der Waals surface area (Å²) in [5, 5.41) is 0. The van der Waals surface area contributed by atoms with Crippen molar-refractivity contribution in [3.63, 3.8) is 0 Å². The standard InChI is InChI=1S/C33H54O11S2/c1-8-13-33-40-26-17-24-22-11-10-21-16-25(42-45(34,35)36)27(43-46(37,38)39)18-31(21,6)23(22)12-14-30(24,5)29(26)32(7,44-33)28(41-33)15-20(9-2)19(3)4/h9,19,21-29H,8,10-18H2,1-7H3,(H,34,35,36)(H,37,38,39)/b20-9-/t21-,22+,23-,24-,25?,26?,27?,28+,29?,30-,31-,32-,33?/m0/s1. The van der Waals surface area contributed by atoms with Crippen LogP contribution in [0.2, 0.25) is 0 Å². The lowest BCUT2D eigenvalue weighted by Crippen LogP contribution is -2.61. The van der Waals surface area contributed by atoms with Gasteiger partial charge in [0.25, 0.3) is 5.97 Å². The van der Waals surface area contributed by atoms with E-state index in [1.165, 1.54) is 5.57 Å². The van der Waals surface area contributed by atoms with Crippen LogP contribution in [0.3, 0.4) is 0 Å². The predicted octanol–water partition coefficient (Wildman–Crippen LogP) is 6.26. The minimum Gasteiger partial charge on any atom is -0.324 e. The first-order valence-electron chi connectivity index (χ1n) is 17.3. The molecule has 0 spiro atoms. The summed E-state index contributed by atoms with van der Waals surface area (Å²) >= 11 is 0. The normalized spacial score (nSPS) is 48.9. The highest BCUT2D eigenvalue weighted by Crippen LogP contribution is 2.72. The van der Waals surface area contributed by atoms with Gasteiger partial charge in [0.1, 0.15) is 17.8 Å². The third kappa shape index (κ3) is 5.85. The third-order valence-electron chi connectivity index (χ3n) is 13.5. The molecule has 11 nitrogen and oxygen atoms in total. The number of hydrogen-bond acceptors (Lipinski definition) is 9. The molecule has 13 heteroatoms. The molecule has 0 aromatic rings. The molecule has 5 unspecified atom stereocenters. The van der Waals surface area contributed by atoms with Gasteiger partial charge in [0.2, 0.25) is 0 Å². The van der Waals surface area contributed by atoms with Gasteiger partial charge in [-0.2, -0.15) is 16.8 Å². The van der Waals surface area contributed by atoms with Gasteiger partial charge in [-0.25, -0.2) is 8.37 Å². The molecule has 0 amide bonds. The fraction of sp³-hybridized carbons (Fsp3) is 0.939. The third-order valence-corrected chi connectivity index (χ3v) is 14.5. The van der Waals surface area contributed by atoms with Crippen LogP contribution in [0.5, 0.6) is 0 Å². The Kier molecular flexibility index (Phi) is 8.97. The highest BCUT2D eigenvalue weighted by atomic mass is 32.3. The molecule has 6 rings (SSSR count). The average molecular weight is 691 g/mol. The molecule has 2 heterocycles. The van der Waals surface area contributed by atoms with Gasteiger partial charge in [0.15, 0.2) is 0 Å². The lowest BCUT2D eigenvalue weighted by molar-refractivity contribution is -0.403. The molecule has 4 saturated carbocycles. The minimum absolute atomic E-state index is 0.00260. The number of ether oxygens (including phenoxy) is 3. The summed E-state index contributed by atoms with van der Waals surface area (Å²) in [6, 6.07) is 0. The average Bonchev–Trinajstić information content (AvgIpc) is 3.33. The summed E-state index contributed by atoms with van der Waals surface area (Å²) in [5.41, 5.74) is 0.408. The first-order chi connectivity index (χ1) is 21.3. The van der Waals surface area contributed by atoms with Crippen molar-refractivity contribution in [2.45, 2.75) is 149 Å². The summed E-state index contributed by atoms with van der Waals surface area (Å²) in [6.45, 7) is 15.5. The molecule has 264 valence electrons. The van der Waals surface area contributed by atoms with Gasteiger partial charge in [-0.05, 0) is 112 Å². The van der Waals surface area contributed by atoms with E-state index in [1.54, 1.807) is 0 Å². The first-order valence-corrected chi connectivity index (χ1v) is 20.0. The molecule has 2 saturated heterocycles. The second kappa shape index (κ2) is 11.7. The Morgan fingerprint density at radius 3 is 2.22 bits per heavy atom. The Bertz CT molecular complexity index is 1430. The molecule has 2 bridgehead atoms. The van der Waals surface area contributed by atoms with E-state index in [0.717, 1.165) is 44.9 Å². The zero-order valence-electron chi connectivity index (χ0n) is 28.3. The van der Waals surface area contributed by atoms with Crippen LogP contribution in [0, 0.1) is 46.3 Å². The predicted molar refractivity (Wildman–Crippen MR) is 169 cm³/mol. The van der Waals surface area contributed by atoms with Gasteiger partial charge in [-0.1, -0.05) is 46.3 Å². The van der Waals surface area contributed by atoms with Gasteiger partial charge in [0, 0.05) is 12.3 Å². The fourth-order valence-corrected chi connectivity index (χ4v) is 12.8. The SMILES string of the molecule is C/C=C(/C[C@H]1OC2(CCC)OC3C[C@H]4[C@@H]5CC[C@H]6CC(OS(=O)(=O)O)C(OS(=O)(=O)O)C[C@]6(C)[C@H]5CC[C@]4(C)C3[C@@]1(C)O2)C(C)C. The van der Waals surface area contributed by atoms with E-state index in [9.17, 15) is 25.9 Å². The fourth-order valence-electron chi connectivity index (χ4n) is 11.8. The van der Waals surface area contributed by atoms with Crippen LogP contribution in [0.25, 0.3) is 0 Å². The Hall–Kier alpha value is -0.640. The largest absolute Gasteiger partial charge is 0.397 e. The van der Waals surface area contributed by atoms with Crippen molar-refractivity contribution in [2.24, 2.45) is 46.3 Å². The van der Waals surface area contributed by atoms with E-state index in [2.05, 4.69) is 54.5 Å². The van der Waals surface area contributed by atoms with Crippen LogP contribution in [-0.4, -0.2) is 61.9 Å². The Morgan fingerprint density at radius 2 is 1.61 bits per heavy atom. The Balaban J connectivity index is 1.31. The molecule has 6 aliphatic rings. The molecule has 13 atom stereocenters. The van der Waals surface area contributed by atoms with Crippen molar-refractivity contribution >= 4 is 20.8 Å². The summed E-state index contributed by atoms with van der Waals surface area (Å²) < 4.78 is 96.7. The molecule has 6 fully saturated rings. The molecule has 2 aliphatic heterocycles. The molecule has 4 aliphatic carbocycles. The quantitative estimate of drug-likeness (QED) is 0.208. The van der Waals surface area contributed by atoms with Crippen LogP contribution in [0.1, 0.15) is 113 Å². The van der Waals surface area contributed by atoms with E-state index in [1.807, 2.05) is 0 Å². The molecular weight excluding hydrogens is 636 g/mol. The zero-order valence-corrected chi connectivity index (χ0v) is 29.9. The van der Waals surface area contributed by atoms with Gasteiger partial charge >= 0.3 is 20.8 Å². The van der Waals surface area contributed by atoms with E-state index >= 15 is 0 Å². The maximum atomic E-state index is 11.8. The van der Waals surface area contributed by atoms with Crippen molar-refractivity contribution < 1.29 is 48.5 Å². The topological polar surface area (TPSA) is 155 Å². The van der Waals surface area contributed by atoms with E-state index < -0.39 is 44.6 Å². The van der Waals surface area contributed by atoms with Crippen LogP contribution >= 0.6 is 0 Å². The molecule has 0 aromatic heterocycles. The van der Waals surface area contributed by atoms with Gasteiger partial charge in [-0.15, -0.1) is 0 Å². The van der Waals surface area contributed by atoms with Gasteiger partial charge < -0.3 is 14.2 Å². The highest BCUT2D eigenvalue weighted by Gasteiger charge is 2.74. The smallest absolute Gasteiger partial charge is 0.324 e. The van der Waals surface area contributed by atoms with E-state index in [4.69, 9.17) is 22.6 Å². The molecule has 46 heavy (non-hydrogen) atoms. The zero-order chi connectivity index (χ0) is 33.7. The van der Waals surface area contributed by atoms with E-state index in [0.29, 0.717) is 24.2 Å². The lowest BCUT2D eigenvalue weighted by Gasteiger charge is -2.62. The van der Waals surface area contributed by atoms with Crippen LogP contribution in [0.15, 0.2) is 11.6 Å². The van der Waals surface area contributed by atoms with Gasteiger partial charge in [-0.3, -0.25) is 9.11 Å². The molecular formula is C33H54O11S2. The Labute approximate surface area is 275 Å². The monoisotopic (exact) mass is 690 g/mol. The minimum atomic E-state index is -4.89. The van der Waals surface area contributed by atoms with Crippen molar-refractivity contribution in [2.75, 3.05) is 0 Å². The second-order valence-corrected chi connectivity index (χ2v) is 18.3. The summed E-state index contributed by atoms with van der Waals surface area (Å²) in [6.07, 6.45) is 6.95. The van der Waals surface area contributed by atoms with Crippen LogP contribution in [0.4, 0.5) is 0 Å². The summed E-state index contributed by atoms with van der Waals surface area (Å²) in [5.74, 6) is 0.506. The number of fused-ring (bicyclic) bond motifs is 10. The molecule has 0 aromatic carbocycles. The van der Waals surface area contributed by atoms with Crippen LogP contribution < -0.4 is 0 Å². The number of hydrogen-bond donors (Lipinski definition) is 2. The number of allylic oxidation sites excluding steroid dienone is 1. The Morgan fingerprint density at radius 1 is 0.935 bits per heavy atom. The maximum absolute atomic E-state index is 11.8. The number of rotatable bonds is 9. The van der Waals surface area contributed by atoms with E-state index in [-0.39, 0.29) is 53.6 Å². The first kappa shape index (κ1) is 35.2. The second-order valence-electron chi connectivity index (χ2n) is 16.2. The van der Waals surface area contributed by atoms with Gasteiger partial charge in [0.05, 0.1) is 12.2 Å². The van der Waals surface area contributed by atoms with Crippen molar-refractivity contribution in [1.82, 2.24) is 0 Å². The maximum Gasteiger partial charge on any atom is 0.397 e. The molecule has 0 radical (unpaired) electrons. The lowest BCUT2D eigenvalue weighted by atomic mass is 9.44. The van der Waals surface area contributed by atoms with Crippen molar-refractivity contribution in [3.8, 4) is 0 Å².